The maximum absolute atomic E-state index is 14.7. The smallest absolute Gasteiger partial charge is 0.407 e. The Morgan fingerprint density at radius 1 is 0.981 bits per heavy atom. The van der Waals surface area contributed by atoms with E-state index in [1.807, 2.05) is 118 Å². The topological polar surface area (TPSA) is 153 Å². The molecule has 4 N–H and O–H groups in total. The molecule has 6 rings (SSSR count). The second-order valence-corrected chi connectivity index (χ2v) is 14.8. The lowest BCUT2D eigenvalue weighted by Crippen LogP contribution is -2.58. The molecule has 2 heterocycles. The van der Waals surface area contributed by atoms with E-state index in [-0.39, 0.29) is 25.9 Å². The van der Waals surface area contributed by atoms with Gasteiger partial charge < -0.3 is 20.5 Å². The van der Waals surface area contributed by atoms with Crippen molar-refractivity contribution in [2.24, 2.45) is 5.41 Å². The number of ether oxygens (including phenoxy) is 1. The van der Waals surface area contributed by atoms with Gasteiger partial charge in [-0.2, -0.15) is 0 Å². The van der Waals surface area contributed by atoms with Crippen molar-refractivity contribution in [2.75, 3.05) is 13.7 Å². The molecule has 0 unspecified atom stereocenters. The van der Waals surface area contributed by atoms with Crippen molar-refractivity contribution in [2.45, 2.75) is 70.3 Å². The molecule has 3 aromatic carbocycles. The van der Waals surface area contributed by atoms with E-state index in [1.165, 1.54) is 12.0 Å². The quantitative estimate of drug-likeness (QED) is 0.119. The van der Waals surface area contributed by atoms with Gasteiger partial charge in [0.2, 0.25) is 0 Å². The zero-order valence-electron chi connectivity index (χ0n) is 30.4. The van der Waals surface area contributed by atoms with Crippen LogP contribution in [0.3, 0.4) is 0 Å². The summed E-state index contributed by atoms with van der Waals surface area (Å²) in [5.41, 5.74) is 6.01. The maximum atomic E-state index is 14.7. The lowest BCUT2D eigenvalue weighted by molar-refractivity contribution is -0.135. The fourth-order valence-electron chi connectivity index (χ4n) is 7.19. The number of imide groups is 1. The summed E-state index contributed by atoms with van der Waals surface area (Å²) in [6.07, 6.45) is 0.677. The Kier molecular flexibility index (Phi) is 10.9. The lowest BCUT2D eigenvalue weighted by atomic mass is 9.86. The number of carbonyl (C=O) groups excluding carboxylic acids is 4. The first-order chi connectivity index (χ1) is 25.4. The standard InChI is InChI=1S/C41H46N6O6/c1-40(2,3)35(43-39(52)53-4)36(49)45-46(26-28-17-19-29(20-18-28)32-16-10-11-22-42-32)23-21-41(25-27-12-6-5-7-13-27)37(50)47(38(51)44-41)34-31-15-9-8-14-30(31)24-33(34)48/h5-20,22,33-35,48H,21,23-26H2,1-4H3,(H,43,52)(H,44,51)(H,45,49)/t33-,34+,35-,41-/m1/s1. The normalized spacial score (nSPS) is 20.2. The van der Waals surface area contributed by atoms with Crippen LogP contribution in [-0.2, 0) is 33.7 Å². The predicted octanol–water partition coefficient (Wildman–Crippen LogP) is 4.93. The molecule has 0 saturated carbocycles. The molecule has 1 aromatic heterocycles. The maximum Gasteiger partial charge on any atom is 0.407 e. The average molecular weight is 719 g/mol. The van der Waals surface area contributed by atoms with Gasteiger partial charge in [-0.25, -0.2) is 14.6 Å². The Hall–Kier alpha value is -5.59. The molecule has 4 aromatic rings. The minimum absolute atomic E-state index is 0.115. The van der Waals surface area contributed by atoms with Crippen molar-refractivity contribution in [1.82, 2.24) is 31.0 Å². The van der Waals surface area contributed by atoms with E-state index in [2.05, 4.69) is 21.0 Å². The zero-order chi connectivity index (χ0) is 37.8. The monoisotopic (exact) mass is 718 g/mol. The van der Waals surface area contributed by atoms with Crippen LogP contribution in [0.15, 0.2) is 103 Å². The van der Waals surface area contributed by atoms with E-state index in [4.69, 9.17) is 4.74 Å². The number of nitrogens with one attached hydrogen (secondary N) is 3. The molecule has 4 atom stereocenters. The number of pyridine rings is 1. The molecular formula is C41H46N6O6. The van der Waals surface area contributed by atoms with Crippen LogP contribution in [-0.4, -0.2) is 75.3 Å². The Balaban J connectivity index is 1.31. The first kappa shape index (κ1) is 37.2. The largest absolute Gasteiger partial charge is 0.453 e. The molecule has 2 aliphatic rings. The van der Waals surface area contributed by atoms with E-state index in [9.17, 15) is 24.3 Å². The highest BCUT2D eigenvalue weighted by Crippen LogP contribution is 2.40. The molecule has 0 radical (unpaired) electrons. The van der Waals surface area contributed by atoms with Crippen molar-refractivity contribution in [3.8, 4) is 11.3 Å². The van der Waals surface area contributed by atoms with Crippen LogP contribution in [0.1, 0.15) is 55.5 Å². The van der Waals surface area contributed by atoms with Crippen LogP contribution in [0.25, 0.3) is 11.3 Å². The molecule has 1 aliphatic carbocycles. The predicted molar refractivity (Wildman–Crippen MR) is 199 cm³/mol. The van der Waals surface area contributed by atoms with Crippen molar-refractivity contribution < 1.29 is 29.0 Å². The minimum Gasteiger partial charge on any atom is -0.453 e. The number of hydrogen-bond acceptors (Lipinski definition) is 8. The van der Waals surface area contributed by atoms with E-state index in [0.717, 1.165) is 33.5 Å². The number of hydrazine groups is 1. The Morgan fingerprint density at radius 2 is 1.68 bits per heavy atom. The van der Waals surface area contributed by atoms with E-state index < -0.39 is 53.1 Å². The number of aliphatic hydroxyl groups excluding tert-OH is 1. The second kappa shape index (κ2) is 15.6. The van der Waals surface area contributed by atoms with Crippen molar-refractivity contribution in [3.05, 3.63) is 126 Å². The van der Waals surface area contributed by atoms with Gasteiger partial charge in [-0.3, -0.25) is 24.9 Å². The second-order valence-electron chi connectivity index (χ2n) is 14.8. The number of methoxy groups -OCH3 is 1. The number of hydrogen-bond donors (Lipinski definition) is 4. The van der Waals surface area contributed by atoms with E-state index in [1.54, 1.807) is 11.2 Å². The zero-order valence-corrected chi connectivity index (χ0v) is 30.4. The summed E-state index contributed by atoms with van der Waals surface area (Å²) >= 11 is 0. The number of fused-ring (bicyclic) bond motifs is 1. The first-order valence-electron chi connectivity index (χ1n) is 17.7. The van der Waals surface area contributed by atoms with E-state index >= 15 is 0 Å². The van der Waals surface area contributed by atoms with Gasteiger partial charge in [0.05, 0.1) is 24.9 Å². The molecule has 12 nitrogen and oxygen atoms in total. The number of rotatable bonds is 12. The molecule has 276 valence electrons. The first-order valence-corrected chi connectivity index (χ1v) is 17.7. The molecule has 5 amide bonds. The third-order valence-corrected chi connectivity index (χ3v) is 9.93. The number of aliphatic hydroxyl groups is 1. The van der Waals surface area contributed by atoms with Gasteiger partial charge in [0.25, 0.3) is 11.8 Å². The molecular weight excluding hydrogens is 672 g/mol. The van der Waals surface area contributed by atoms with Gasteiger partial charge in [0.15, 0.2) is 0 Å². The lowest BCUT2D eigenvalue weighted by Gasteiger charge is -2.34. The van der Waals surface area contributed by atoms with Gasteiger partial charge in [0.1, 0.15) is 11.6 Å². The fourth-order valence-corrected chi connectivity index (χ4v) is 7.19. The summed E-state index contributed by atoms with van der Waals surface area (Å²) in [6, 6.07) is 28.0. The molecule has 1 fully saturated rings. The number of aromatic nitrogens is 1. The van der Waals surface area contributed by atoms with Crippen LogP contribution < -0.4 is 16.1 Å². The van der Waals surface area contributed by atoms with Crippen molar-refractivity contribution in [3.63, 3.8) is 0 Å². The van der Waals surface area contributed by atoms with Crippen molar-refractivity contribution >= 4 is 23.9 Å². The summed E-state index contributed by atoms with van der Waals surface area (Å²) in [5, 5.41) is 18.5. The Bertz CT molecular complexity index is 1930. The highest BCUT2D eigenvalue weighted by atomic mass is 16.5. The number of carbonyl (C=O) groups is 4. The number of alkyl carbamates (subject to hydrolysis) is 1. The van der Waals surface area contributed by atoms with Gasteiger partial charge >= 0.3 is 12.1 Å². The third kappa shape index (κ3) is 8.24. The highest BCUT2D eigenvalue weighted by Gasteiger charge is 2.55. The Morgan fingerprint density at radius 3 is 2.36 bits per heavy atom. The van der Waals surface area contributed by atoms with Gasteiger partial charge in [-0.15, -0.1) is 0 Å². The van der Waals surface area contributed by atoms with Crippen LogP contribution in [0.4, 0.5) is 9.59 Å². The average Bonchev–Trinajstić information content (AvgIpc) is 3.59. The summed E-state index contributed by atoms with van der Waals surface area (Å²) in [7, 11) is 1.24. The summed E-state index contributed by atoms with van der Waals surface area (Å²) < 4.78 is 4.81. The molecule has 53 heavy (non-hydrogen) atoms. The SMILES string of the molecule is COC(=O)N[C@H](C(=O)NN(CC[C@]1(Cc2ccccc2)NC(=O)N([C@H]2c3ccccc3C[C@H]2O)C1=O)Cc1ccc(-c2ccccn2)cc1)C(C)(C)C. The summed E-state index contributed by atoms with van der Waals surface area (Å²) in [6.45, 7) is 5.88. The van der Waals surface area contributed by atoms with Crippen LogP contribution in [0.2, 0.25) is 0 Å². The minimum atomic E-state index is -1.39. The summed E-state index contributed by atoms with van der Waals surface area (Å²) in [5.74, 6) is -0.919. The van der Waals surface area contributed by atoms with Gasteiger partial charge in [0, 0.05) is 37.7 Å². The van der Waals surface area contributed by atoms with Crippen LogP contribution in [0.5, 0.6) is 0 Å². The molecule has 1 aliphatic heterocycles. The number of urea groups is 1. The van der Waals surface area contributed by atoms with Crippen molar-refractivity contribution in [1.29, 1.82) is 0 Å². The molecule has 12 heteroatoms. The van der Waals surface area contributed by atoms with Gasteiger partial charge in [-0.1, -0.05) is 106 Å². The Labute approximate surface area is 309 Å². The van der Waals surface area contributed by atoms with Crippen LogP contribution >= 0.6 is 0 Å². The fraction of sp³-hybridized carbons (Fsp3) is 0.341. The highest BCUT2D eigenvalue weighted by molar-refractivity contribution is 6.07. The molecule has 0 bridgehead atoms. The number of benzene rings is 3. The third-order valence-electron chi connectivity index (χ3n) is 9.93. The number of nitrogens with zero attached hydrogens (tertiary/aromatic N) is 3. The van der Waals surface area contributed by atoms with Crippen LogP contribution in [0, 0.1) is 5.41 Å². The molecule has 0 spiro atoms. The number of amides is 5. The van der Waals surface area contributed by atoms with E-state index in [0.29, 0.717) is 6.42 Å². The summed E-state index contributed by atoms with van der Waals surface area (Å²) in [4.78, 5) is 60.4. The van der Waals surface area contributed by atoms with Gasteiger partial charge in [-0.05, 0) is 46.2 Å². The molecule has 1 saturated heterocycles.